The van der Waals surface area contributed by atoms with Gasteiger partial charge in [0, 0.05) is 0 Å². The minimum absolute atomic E-state index is 0.0263. The highest BCUT2D eigenvalue weighted by Gasteiger charge is 2.25. The molecule has 21 heavy (non-hydrogen) atoms. The summed E-state index contributed by atoms with van der Waals surface area (Å²) in [7, 11) is -4.70. The van der Waals surface area contributed by atoms with E-state index in [2.05, 4.69) is 0 Å². The maximum Gasteiger partial charge on any atom is 0.333 e. The maximum atomic E-state index is 11.3. The number of carbonyl (C=O) groups is 2. The molecule has 0 saturated heterocycles. The second kappa shape index (κ2) is 5.53. The lowest BCUT2D eigenvalue weighted by atomic mass is 10.1. The van der Waals surface area contributed by atoms with Crippen molar-refractivity contribution in [3.8, 4) is 0 Å². The Morgan fingerprint density at radius 2 is 1.48 bits per heavy atom. The van der Waals surface area contributed by atoms with Crippen molar-refractivity contribution in [2.75, 3.05) is 10.0 Å². The van der Waals surface area contributed by atoms with Gasteiger partial charge in [-0.1, -0.05) is 0 Å². The van der Waals surface area contributed by atoms with Crippen LogP contribution in [0.1, 0.15) is 5.56 Å². The molecule has 11 nitrogen and oxygen atoms in total. The lowest BCUT2D eigenvalue weighted by molar-refractivity contribution is 0.253. The Hall–Kier alpha value is -2.41. The van der Waals surface area contributed by atoms with Crippen LogP contribution in [0.25, 0.3) is 0 Å². The lowest BCUT2D eigenvalue weighted by Crippen LogP contribution is -2.44. The van der Waals surface area contributed by atoms with E-state index in [-0.39, 0.29) is 16.3 Å². The molecule has 4 amide bonds. The van der Waals surface area contributed by atoms with Crippen LogP contribution >= 0.6 is 0 Å². The molecule has 0 radical (unpaired) electrons. The van der Waals surface area contributed by atoms with E-state index in [1.165, 1.54) is 6.92 Å². The molecule has 0 aliphatic rings. The van der Waals surface area contributed by atoms with E-state index in [9.17, 15) is 18.0 Å². The van der Waals surface area contributed by atoms with Gasteiger partial charge in [0.15, 0.2) is 0 Å². The van der Waals surface area contributed by atoms with Crippen LogP contribution in [-0.2, 0) is 10.1 Å². The summed E-state index contributed by atoms with van der Waals surface area (Å²) in [5.74, 6) is 10.8. The van der Waals surface area contributed by atoms with Gasteiger partial charge in [0.25, 0.3) is 10.1 Å². The first-order chi connectivity index (χ1) is 9.46. The monoisotopic (exact) mass is 318 g/mol. The average molecular weight is 318 g/mol. The fourth-order valence-corrected chi connectivity index (χ4v) is 2.30. The quantitative estimate of drug-likeness (QED) is 0.198. The van der Waals surface area contributed by atoms with Gasteiger partial charge in [-0.2, -0.15) is 8.42 Å². The minimum atomic E-state index is -4.70. The molecule has 9 N–H and O–H groups in total. The lowest BCUT2D eigenvalue weighted by Gasteiger charge is -2.22. The molecule has 0 aromatic heterocycles. The Morgan fingerprint density at radius 3 is 1.86 bits per heavy atom. The van der Waals surface area contributed by atoms with Crippen LogP contribution in [0.3, 0.4) is 0 Å². The molecule has 0 bridgehead atoms. The molecule has 0 unspecified atom stereocenters. The summed E-state index contributed by atoms with van der Waals surface area (Å²) in [4.78, 5) is 21.5. The average Bonchev–Trinajstić information content (AvgIpc) is 2.35. The number of nitrogens with two attached hydrogens (primary N) is 4. The summed E-state index contributed by atoms with van der Waals surface area (Å²) < 4.78 is 31.8. The molecule has 0 aliphatic heterocycles. The van der Waals surface area contributed by atoms with Gasteiger partial charge < -0.3 is 11.5 Å². The van der Waals surface area contributed by atoms with Gasteiger partial charge in [0.05, 0.1) is 11.4 Å². The second-order valence-corrected chi connectivity index (χ2v) is 5.39. The van der Waals surface area contributed by atoms with Crippen molar-refractivity contribution in [2.24, 2.45) is 23.2 Å². The molecule has 0 aliphatic carbocycles. The van der Waals surface area contributed by atoms with Gasteiger partial charge in [-0.3, -0.25) is 4.55 Å². The van der Waals surface area contributed by atoms with Gasteiger partial charge in [-0.25, -0.2) is 31.3 Å². The maximum absolute atomic E-state index is 11.3. The molecule has 116 valence electrons. The summed E-state index contributed by atoms with van der Waals surface area (Å²) in [6.07, 6.45) is 0. The highest BCUT2D eigenvalue weighted by molar-refractivity contribution is 7.86. The van der Waals surface area contributed by atoms with E-state index in [0.29, 0.717) is 5.01 Å². The standard InChI is InChI=1S/C9H14N6O5S/c1-4-2-7(21(18,19)20)6(15(13)9(11)17)3-5(4)14(12)8(10)16/h2-3H,12-13H2,1H3,(H2,10,16)(H2,11,17)(H,18,19,20). The Labute approximate surface area is 119 Å². The summed E-state index contributed by atoms with van der Waals surface area (Å²) in [5.41, 5.74) is 9.65. The number of aryl methyl sites for hydroxylation is 1. The molecular weight excluding hydrogens is 304 g/mol. The van der Waals surface area contributed by atoms with Gasteiger partial charge in [0.2, 0.25) is 0 Å². The Morgan fingerprint density at radius 1 is 1.05 bits per heavy atom. The number of benzene rings is 1. The van der Waals surface area contributed by atoms with Crippen LogP contribution < -0.4 is 33.2 Å². The van der Waals surface area contributed by atoms with Crippen LogP contribution in [0, 0.1) is 6.92 Å². The number of anilines is 2. The summed E-state index contributed by atoms with van der Waals surface area (Å²) in [6.45, 7) is 1.40. The van der Waals surface area contributed by atoms with E-state index in [1.807, 2.05) is 0 Å². The zero-order valence-corrected chi connectivity index (χ0v) is 11.7. The molecular formula is C9H14N6O5S. The predicted octanol–water partition coefficient (Wildman–Crippen LogP) is -1.24. The molecule has 0 saturated carbocycles. The van der Waals surface area contributed by atoms with Crippen molar-refractivity contribution in [3.63, 3.8) is 0 Å². The van der Waals surface area contributed by atoms with Crippen LogP contribution in [0.4, 0.5) is 21.0 Å². The minimum Gasteiger partial charge on any atom is -0.350 e. The fraction of sp³-hybridized carbons (Fsp3) is 0.111. The summed E-state index contributed by atoms with van der Waals surface area (Å²) in [5, 5.41) is 0.794. The van der Waals surface area contributed by atoms with E-state index < -0.39 is 32.8 Å². The first-order valence-electron chi connectivity index (χ1n) is 5.27. The number of hydrazine groups is 2. The van der Waals surface area contributed by atoms with Crippen LogP contribution in [0.2, 0.25) is 0 Å². The molecule has 1 aromatic carbocycles. The first-order valence-corrected chi connectivity index (χ1v) is 6.71. The highest BCUT2D eigenvalue weighted by atomic mass is 32.2. The fourth-order valence-electron chi connectivity index (χ4n) is 1.55. The van der Waals surface area contributed by atoms with E-state index in [0.717, 1.165) is 12.1 Å². The topological polar surface area (TPSA) is 199 Å². The number of hydrogen-bond acceptors (Lipinski definition) is 6. The van der Waals surface area contributed by atoms with Gasteiger partial charge >= 0.3 is 12.1 Å². The number of amides is 4. The first kappa shape index (κ1) is 16.6. The summed E-state index contributed by atoms with van der Waals surface area (Å²) >= 11 is 0. The van der Waals surface area contributed by atoms with Crippen molar-refractivity contribution in [1.29, 1.82) is 0 Å². The SMILES string of the molecule is Cc1cc(S(=O)(=O)O)c(N(N)C(N)=O)cc1N(N)C(N)=O. The zero-order valence-electron chi connectivity index (χ0n) is 10.8. The third kappa shape index (κ3) is 3.38. The van der Waals surface area contributed by atoms with Gasteiger partial charge in [0.1, 0.15) is 4.90 Å². The van der Waals surface area contributed by atoms with Crippen LogP contribution in [-0.4, -0.2) is 25.0 Å². The van der Waals surface area contributed by atoms with Crippen molar-refractivity contribution < 1.29 is 22.6 Å². The number of carbonyl (C=O) groups excluding carboxylic acids is 2. The van der Waals surface area contributed by atoms with Crippen molar-refractivity contribution in [1.82, 2.24) is 0 Å². The van der Waals surface area contributed by atoms with Crippen molar-refractivity contribution in [2.45, 2.75) is 11.8 Å². The Balaban J connectivity index is 3.68. The summed E-state index contributed by atoms with van der Waals surface area (Å²) in [6, 6.07) is -0.289. The highest BCUT2D eigenvalue weighted by Crippen LogP contribution is 2.31. The normalized spacial score (nSPS) is 11.0. The van der Waals surface area contributed by atoms with E-state index in [4.69, 9.17) is 27.7 Å². The number of rotatable bonds is 3. The number of hydrogen-bond donors (Lipinski definition) is 5. The van der Waals surface area contributed by atoms with Crippen molar-refractivity contribution in [3.05, 3.63) is 17.7 Å². The number of urea groups is 2. The largest absolute Gasteiger partial charge is 0.350 e. The molecule has 0 atom stereocenters. The molecule has 12 heteroatoms. The van der Waals surface area contributed by atoms with Crippen LogP contribution in [0.15, 0.2) is 17.0 Å². The van der Waals surface area contributed by atoms with E-state index in [1.54, 1.807) is 0 Å². The zero-order chi connectivity index (χ0) is 16.5. The van der Waals surface area contributed by atoms with E-state index >= 15 is 0 Å². The van der Waals surface area contributed by atoms with Gasteiger partial charge in [-0.15, -0.1) is 0 Å². The molecule has 0 heterocycles. The smallest absolute Gasteiger partial charge is 0.333 e. The number of nitrogens with zero attached hydrogens (tertiary/aromatic N) is 2. The Bertz CT molecular complexity index is 703. The molecule has 0 fully saturated rings. The third-order valence-corrected chi connectivity index (χ3v) is 3.43. The third-order valence-electron chi connectivity index (χ3n) is 2.55. The van der Waals surface area contributed by atoms with Crippen LogP contribution in [0.5, 0.6) is 0 Å². The molecule has 1 aromatic rings. The Kier molecular flexibility index (Phi) is 4.38. The van der Waals surface area contributed by atoms with Gasteiger partial charge in [-0.05, 0) is 24.6 Å². The predicted molar refractivity (Wildman–Crippen MR) is 73.5 cm³/mol. The second-order valence-electron chi connectivity index (χ2n) is 4.00. The molecule has 1 rings (SSSR count). The molecule has 0 spiro atoms. The number of primary amides is 2. The van der Waals surface area contributed by atoms with Crippen molar-refractivity contribution >= 4 is 33.6 Å².